The van der Waals surface area contributed by atoms with Gasteiger partial charge in [-0.25, -0.2) is 17.9 Å². The Kier molecular flexibility index (Phi) is 16.6. The summed E-state index contributed by atoms with van der Waals surface area (Å²) in [5.74, 6) is -1.20. The third-order valence-corrected chi connectivity index (χ3v) is 10.7. The molecule has 0 bridgehead atoms. The molecule has 5 N–H and O–H groups in total. The number of esters is 1. The number of amides is 4. The molecule has 270 valence electrons. The van der Waals surface area contributed by atoms with Gasteiger partial charge in [0, 0.05) is 26.1 Å². The zero-order chi connectivity index (χ0) is 34.9. The van der Waals surface area contributed by atoms with E-state index in [9.17, 15) is 32.7 Å². The lowest BCUT2D eigenvalue weighted by atomic mass is 9.83. The fraction of sp³-hybridized carbons (Fsp3) is 0.706. The number of piperidine rings is 1. The Morgan fingerprint density at radius 1 is 0.979 bits per heavy atom. The summed E-state index contributed by atoms with van der Waals surface area (Å²) in [7, 11) is -3.42. The molecule has 2 aliphatic rings. The number of ether oxygens (including phenoxy) is 1. The first-order valence-corrected chi connectivity index (χ1v) is 19.1. The minimum atomic E-state index is -3.42. The van der Waals surface area contributed by atoms with Crippen LogP contribution in [0.5, 0.6) is 0 Å². The highest BCUT2D eigenvalue weighted by molar-refractivity contribution is 7.89. The summed E-state index contributed by atoms with van der Waals surface area (Å²) in [5.41, 5.74) is 0.827. The molecule has 3 rings (SSSR count). The van der Waals surface area contributed by atoms with Crippen LogP contribution in [0, 0.1) is 11.8 Å². The van der Waals surface area contributed by atoms with Crippen molar-refractivity contribution in [3.63, 3.8) is 0 Å². The highest BCUT2D eigenvalue weighted by Gasteiger charge is 2.31. The van der Waals surface area contributed by atoms with Crippen LogP contribution in [-0.4, -0.2) is 99.0 Å². The molecule has 48 heavy (non-hydrogen) atoms. The summed E-state index contributed by atoms with van der Waals surface area (Å²) in [5, 5.41) is 19.4. The van der Waals surface area contributed by atoms with Gasteiger partial charge >= 0.3 is 12.0 Å². The standard InChI is InChI=1S/C34H55N5O8S/c1-3-21-48(45,46)36-18-15-30(40)28(22-25-11-7-5-8-12-25)37-31(41)24-35-32(42)29(23-26-13-9-6-10-14-26)38-34(44)39-19-16-27(17-20-39)33(43)47-4-2/h6,9-10,13-14,25,27-30,36,40H,3-5,7-8,11-12,15-24H2,1-2H3,(H,35,42)(H,37,41)(H,38,44)/t28-,29-,30-/m0/s1. The summed E-state index contributed by atoms with van der Waals surface area (Å²) in [4.78, 5) is 53.4. The van der Waals surface area contributed by atoms with Gasteiger partial charge in [0.25, 0.3) is 0 Å². The van der Waals surface area contributed by atoms with Gasteiger partial charge in [-0.05, 0) is 50.5 Å². The molecule has 1 saturated heterocycles. The normalized spacial score (nSPS) is 17.9. The molecule has 14 heteroatoms. The van der Waals surface area contributed by atoms with Crippen molar-refractivity contribution in [1.82, 2.24) is 25.6 Å². The molecule has 1 saturated carbocycles. The van der Waals surface area contributed by atoms with Crippen LogP contribution in [0.15, 0.2) is 30.3 Å². The van der Waals surface area contributed by atoms with E-state index in [1.54, 1.807) is 18.7 Å². The predicted molar refractivity (Wildman–Crippen MR) is 182 cm³/mol. The summed E-state index contributed by atoms with van der Waals surface area (Å²) < 4.78 is 31.8. The average Bonchev–Trinajstić information content (AvgIpc) is 3.07. The molecule has 2 fully saturated rings. The predicted octanol–water partition coefficient (Wildman–Crippen LogP) is 2.23. The van der Waals surface area contributed by atoms with Crippen molar-refractivity contribution >= 4 is 33.8 Å². The summed E-state index contributed by atoms with van der Waals surface area (Å²) in [6.07, 6.45) is 6.69. The number of rotatable bonds is 18. The van der Waals surface area contributed by atoms with Crippen LogP contribution in [0.1, 0.15) is 83.6 Å². The number of urea groups is 1. The van der Waals surface area contributed by atoms with Crippen LogP contribution in [0.2, 0.25) is 0 Å². The number of hydrogen-bond acceptors (Lipinski definition) is 8. The molecule has 3 atom stereocenters. The van der Waals surface area contributed by atoms with E-state index >= 15 is 0 Å². The first-order chi connectivity index (χ1) is 23.0. The maximum Gasteiger partial charge on any atom is 0.318 e. The first kappa shape index (κ1) is 39.2. The number of carbonyl (C=O) groups excluding carboxylic acids is 4. The second kappa shape index (κ2) is 20.3. The van der Waals surface area contributed by atoms with Gasteiger partial charge in [-0.15, -0.1) is 0 Å². The molecule has 1 aliphatic carbocycles. The van der Waals surface area contributed by atoms with E-state index in [-0.39, 0.29) is 43.6 Å². The highest BCUT2D eigenvalue weighted by atomic mass is 32.2. The van der Waals surface area contributed by atoms with Crippen LogP contribution in [0.3, 0.4) is 0 Å². The molecule has 1 aliphatic heterocycles. The zero-order valence-electron chi connectivity index (χ0n) is 28.5. The van der Waals surface area contributed by atoms with Crippen LogP contribution in [-0.2, 0) is 35.6 Å². The van der Waals surface area contributed by atoms with E-state index in [0.717, 1.165) is 37.7 Å². The maximum atomic E-state index is 13.4. The van der Waals surface area contributed by atoms with Crippen molar-refractivity contribution in [2.75, 3.05) is 38.5 Å². The van der Waals surface area contributed by atoms with Crippen molar-refractivity contribution in [1.29, 1.82) is 0 Å². The van der Waals surface area contributed by atoms with Crippen LogP contribution in [0.25, 0.3) is 0 Å². The molecular formula is C34H55N5O8S. The zero-order valence-corrected chi connectivity index (χ0v) is 29.3. The second-order valence-corrected chi connectivity index (χ2v) is 14.8. The van der Waals surface area contributed by atoms with E-state index in [1.807, 2.05) is 30.3 Å². The third kappa shape index (κ3) is 13.7. The fourth-order valence-corrected chi connectivity index (χ4v) is 7.54. The van der Waals surface area contributed by atoms with Crippen LogP contribution in [0.4, 0.5) is 4.79 Å². The number of nitrogens with one attached hydrogen (secondary N) is 4. The van der Waals surface area contributed by atoms with Crippen molar-refractivity contribution in [3.05, 3.63) is 35.9 Å². The summed E-state index contributed by atoms with van der Waals surface area (Å²) >= 11 is 0. The Balaban J connectivity index is 1.59. The molecular weight excluding hydrogens is 638 g/mol. The number of aliphatic hydroxyl groups excluding tert-OH is 1. The van der Waals surface area contributed by atoms with Gasteiger partial charge in [-0.3, -0.25) is 14.4 Å². The Bertz CT molecular complexity index is 1270. The van der Waals surface area contributed by atoms with Crippen LogP contribution >= 0.6 is 0 Å². The summed E-state index contributed by atoms with van der Waals surface area (Å²) in [6.45, 7) is 4.23. The fourth-order valence-electron chi connectivity index (χ4n) is 6.42. The number of hydrogen-bond donors (Lipinski definition) is 5. The molecule has 0 unspecified atom stereocenters. The average molecular weight is 694 g/mol. The number of likely N-dealkylation sites (tertiary alicyclic amines) is 1. The van der Waals surface area contributed by atoms with Gasteiger partial charge in [0.1, 0.15) is 6.04 Å². The molecule has 4 amide bonds. The Labute approximate surface area is 285 Å². The smallest absolute Gasteiger partial charge is 0.318 e. The number of sulfonamides is 1. The number of benzene rings is 1. The van der Waals surface area contributed by atoms with E-state index in [4.69, 9.17) is 4.74 Å². The molecule has 13 nitrogen and oxygen atoms in total. The molecule has 1 aromatic rings. The van der Waals surface area contributed by atoms with E-state index in [0.29, 0.717) is 51.3 Å². The number of carbonyl (C=O) groups is 4. The van der Waals surface area contributed by atoms with Crippen molar-refractivity contribution in [3.8, 4) is 0 Å². The molecule has 1 heterocycles. The van der Waals surface area contributed by atoms with E-state index < -0.39 is 46.1 Å². The maximum absolute atomic E-state index is 13.4. The second-order valence-electron chi connectivity index (χ2n) is 12.9. The van der Waals surface area contributed by atoms with Crippen molar-refractivity contribution in [2.45, 2.75) is 103 Å². The van der Waals surface area contributed by atoms with Crippen LogP contribution < -0.4 is 20.7 Å². The number of nitrogens with zero attached hydrogens (tertiary/aromatic N) is 1. The van der Waals surface area contributed by atoms with Gasteiger partial charge in [0.15, 0.2) is 0 Å². The Morgan fingerprint density at radius 3 is 2.31 bits per heavy atom. The minimum Gasteiger partial charge on any atom is -0.466 e. The van der Waals surface area contributed by atoms with Gasteiger partial charge in [-0.2, -0.15) is 0 Å². The Morgan fingerprint density at radius 2 is 1.67 bits per heavy atom. The molecule has 0 spiro atoms. The SMILES string of the molecule is CCCS(=O)(=O)NCC[C@H](O)[C@H](CC1CCCCC1)NC(=O)CNC(=O)[C@H](Cc1ccccc1)NC(=O)N1CCC(C(=O)OCC)CC1. The molecule has 1 aromatic carbocycles. The van der Waals surface area contributed by atoms with Crippen molar-refractivity contribution in [2.24, 2.45) is 11.8 Å². The van der Waals surface area contributed by atoms with E-state index in [2.05, 4.69) is 20.7 Å². The van der Waals surface area contributed by atoms with Gasteiger partial charge in [0.2, 0.25) is 21.8 Å². The largest absolute Gasteiger partial charge is 0.466 e. The van der Waals surface area contributed by atoms with Gasteiger partial charge in [0.05, 0.1) is 37.0 Å². The first-order valence-electron chi connectivity index (χ1n) is 17.5. The third-order valence-electron chi connectivity index (χ3n) is 9.08. The van der Waals surface area contributed by atoms with Crippen molar-refractivity contribution < 1.29 is 37.4 Å². The number of aliphatic hydroxyl groups is 1. The van der Waals surface area contributed by atoms with E-state index in [1.165, 1.54) is 0 Å². The lowest BCUT2D eigenvalue weighted by Crippen LogP contribution is -2.55. The van der Waals surface area contributed by atoms with Gasteiger partial charge < -0.3 is 30.7 Å². The molecule has 0 radical (unpaired) electrons. The lowest BCUT2D eigenvalue weighted by Gasteiger charge is -2.32. The lowest BCUT2D eigenvalue weighted by molar-refractivity contribution is -0.149. The highest BCUT2D eigenvalue weighted by Crippen LogP contribution is 2.28. The monoisotopic (exact) mass is 693 g/mol. The Hall–Kier alpha value is -3.23. The quantitative estimate of drug-likeness (QED) is 0.145. The molecule has 0 aromatic heterocycles. The van der Waals surface area contributed by atoms with Gasteiger partial charge in [-0.1, -0.05) is 69.4 Å². The minimum absolute atomic E-state index is 0.00470. The topological polar surface area (TPSA) is 183 Å². The summed E-state index contributed by atoms with van der Waals surface area (Å²) in [6, 6.07) is 7.24.